The Kier molecular flexibility index (Phi) is 4.25. The minimum Gasteiger partial charge on any atom is -0.313 e. The van der Waals surface area contributed by atoms with E-state index in [1.807, 2.05) is 18.5 Å². The lowest BCUT2D eigenvalue weighted by molar-refractivity contribution is 0.582. The highest BCUT2D eigenvalue weighted by Gasteiger charge is 2.13. The Morgan fingerprint density at radius 3 is 2.94 bits per heavy atom. The number of hydrogen-bond donors (Lipinski definition) is 1. The third-order valence-electron chi connectivity index (χ3n) is 2.56. The number of nitrogens with zero attached hydrogens (tertiary/aromatic N) is 1. The average Bonchev–Trinajstić information content (AvgIpc) is 2.82. The Labute approximate surface area is 112 Å². The molecule has 1 unspecified atom stereocenters. The first-order valence-corrected chi connectivity index (χ1v) is 6.88. The summed E-state index contributed by atoms with van der Waals surface area (Å²) in [5.41, 5.74) is 1.05. The lowest BCUT2D eigenvalue weighted by Crippen LogP contribution is -2.18. The van der Waals surface area contributed by atoms with Gasteiger partial charge in [-0.2, -0.15) is 0 Å². The summed E-state index contributed by atoms with van der Waals surface area (Å²) in [5.74, 6) is -0.238. The smallest absolute Gasteiger partial charge is 0.137 e. The first kappa shape index (κ1) is 12.7. The van der Waals surface area contributed by atoms with Gasteiger partial charge in [-0.15, -0.1) is 11.3 Å². The van der Waals surface area contributed by atoms with Crippen LogP contribution in [-0.4, -0.2) is 12.0 Å². The van der Waals surface area contributed by atoms with E-state index in [9.17, 15) is 4.39 Å². The molecule has 0 saturated carbocycles. The number of thiazole rings is 1. The molecule has 0 bridgehead atoms. The monoisotopic (exact) mass is 314 g/mol. The fourth-order valence-electron chi connectivity index (χ4n) is 1.64. The van der Waals surface area contributed by atoms with Crippen molar-refractivity contribution in [1.29, 1.82) is 0 Å². The van der Waals surface area contributed by atoms with Gasteiger partial charge in [-0.1, -0.05) is 6.07 Å². The first-order valence-electron chi connectivity index (χ1n) is 5.21. The van der Waals surface area contributed by atoms with Gasteiger partial charge in [-0.05, 0) is 40.7 Å². The molecule has 1 N–H and O–H groups in total. The second-order valence-electron chi connectivity index (χ2n) is 3.64. The van der Waals surface area contributed by atoms with Gasteiger partial charge in [-0.3, -0.25) is 0 Å². The van der Waals surface area contributed by atoms with Gasteiger partial charge < -0.3 is 5.32 Å². The summed E-state index contributed by atoms with van der Waals surface area (Å²) in [6.07, 6.45) is 2.61. The van der Waals surface area contributed by atoms with Crippen LogP contribution < -0.4 is 5.32 Å². The van der Waals surface area contributed by atoms with E-state index >= 15 is 0 Å². The Morgan fingerprint density at radius 1 is 1.53 bits per heavy atom. The minimum atomic E-state index is -0.238. The zero-order valence-corrected chi connectivity index (χ0v) is 11.7. The molecule has 1 aromatic heterocycles. The number of rotatable bonds is 4. The largest absolute Gasteiger partial charge is 0.313 e. The maximum absolute atomic E-state index is 13.2. The fourth-order valence-corrected chi connectivity index (χ4v) is 2.70. The van der Waals surface area contributed by atoms with Crippen LogP contribution in [0.4, 0.5) is 4.39 Å². The molecule has 0 radical (unpaired) electrons. The number of aromatic nitrogens is 1. The SMILES string of the molecule is CNC(Cc1nccs1)c1ccc(F)c(Br)c1. The predicted octanol–water partition coefficient (Wildman–Crippen LogP) is 3.55. The summed E-state index contributed by atoms with van der Waals surface area (Å²) in [5, 5.41) is 6.26. The standard InChI is InChI=1S/C12H12BrFN2S/c1-15-11(7-12-16-4-5-17-12)8-2-3-10(14)9(13)6-8/h2-6,11,15H,7H2,1H3. The van der Waals surface area contributed by atoms with Gasteiger partial charge >= 0.3 is 0 Å². The third-order valence-corrected chi connectivity index (χ3v) is 3.97. The van der Waals surface area contributed by atoms with Crippen molar-refractivity contribution in [1.82, 2.24) is 10.3 Å². The van der Waals surface area contributed by atoms with E-state index in [1.54, 1.807) is 23.6 Å². The molecule has 1 aromatic carbocycles. The molecule has 2 aromatic rings. The zero-order valence-electron chi connectivity index (χ0n) is 9.28. The molecule has 0 fully saturated rings. The predicted molar refractivity (Wildman–Crippen MR) is 71.7 cm³/mol. The van der Waals surface area contributed by atoms with Crippen LogP contribution in [-0.2, 0) is 6.42 Å². The highest BCUT2D eigenvalue weighted by atomic mass is 79.9. The molecule has 0 spiro atoms. The van der Waals surface area contributed by atoms with Crippen molar-refractivity contribution < 1.29 is 4.39 Å². The molecule has 0 saturated heterocycles. The molecule has 1 atom stereocenters. The van der Waals surface area contributed by atoms with Crippen LogP contribution in [0.5, 0.6) is 0 Å². The first-order chi connectivity index (χ1) is 8.20. The van der Waals surface area contributed by atoms with E-state index in [1.165, 1.54) is 6.07 Å². The normalized spacial score (nSPS) is 12.6. The van der Waals surface area contributed by atoms with E-state index in [0.29, 0.717) is 4.47 Å². The maximum Gasteiger partial charge on any atom is 0.137 e. The molecular weight excluding hydrogens is 303 g/mol. The number of benzene rings is 1. The van der Waals surface area contributed by atoms with Crippen LogP contribution in [0.2, 0.25) is 0 Å². The van der Waals surface area contributed by atoms with E-state index < -0.39 is 0 Å². The molecule has 2 rings (SSSR count). The van der Waals surface area contributed by atoms with Gasteiger partial charge in [0.15, 0.2) is 0 Å². The van der Waals surface area contributed by atoms with E-state index in [2.05, 4.69) is 26.2 Å². The van der Waals surface area contributed by atoms with Crippen LogP contribution in [0.15, 0.2) is 34.2 Å². The molecule has 0 aliphatic carbocycles. The Hall–Kier alpha value is -0.780. The van der Waals surface area contributed by atoms with Crippen LogP contribution in [0, 0.1) is 5.82 Å². The van der Waals surface area contributed by atoms with Crippen LogP contribution in [0.3, 0.4) is 0 Å². The van der Waals surface area contributed by atoms with Crippen LogP contribution in [0.1, 0.15) is 16.6 Å². The van der Waals surface area contributed by atoms with Gasteiger partial charge in [0.2, 0.25) is 0 Å². The van der Waals surface area contributed by atoms with Gasteiger partial charge in [-0.25, -0.2) is 9.37 Å². The van der Waals surface area contributed by atoms with Crippen LogP contribution in [0.25, 0.3) is 0 Å². The molecule has 0 aliphatic heterocycles. The number of nitrogens with one attached hydrogen (secondary N) is 1. The Bertz CT molecular complexity index is 487. The van der Waals surface area contributed by atoms with Crippen molar-refractivity contribution in [2.24, 2.45) is 0 Å². The van der Waals surface area contributed by atoms with Gasteiger partial charge in [0.1, 0.15) is 5.82 Å². The summed E-state index contributed by atoms with van der Waals surface area (Å²) < 4.78 is 13.7. The van der Waals surface area contributed by atoms with E-state index in [4.69, 9.17) is 0 Å². The second-order valence-corrected chi connectivity index (χ2v) is 5.48. The van der Waals surface area contributed by atoms with Crippen molar-refractivity contribution in [3.05, 3.63) is 50.6 Å². The van der Waals surface area contributed by atoms with Crippen molar-refractivity contribution in [2.75, 3.05) is 7.05 Å². The molecule has 0 amide bonds. The topological polar surface area (TPSA) is 24.9 Å². The lowest BCUT2D eigenvalue weighted by atomic mass is 10.0. The van der Waals surface area contributed by atoms with E-state index in [0.717, 1.165) is 17.0 Å². The number of halogens is 2. The molecule has 17 heavy (non-hydrogen) atoms. The lowest BCUT2D eigenvalue weighted by Gasteiger charge is -2.15. The maximum atomic E-state index is 13.2. The quantitative estimate of drug-likeness (QED) is 0.933. The molecule has 0 aliphatic rings. The number of likely N-dealkylation sites (N-methyl/N-ethyl adjacent to an activating group) is 1. The van der Waals surface area contributed by atoms with Crippen molar-refractivity contribution in [3.8, 4) is 0 Å². The van der Waals surface area contributed by atoms with Crippen molar-refractivity contribution >= 4 is 27.3 Å². The third kappa shape index (κ3) is 3.12. The molecule has 1 heterocycles. The minimum absolute atomic E-state index is 0.151. The average molecular weight is 315 g/mol. The highest BCUT2D eigenvalue weighted by Crippen LogP contribution is 2.24. The second kappa shape index (κ2) is 5.71. The summed E-state index contributed by atoms with van der Waals surface area (Å²) in [7, 11) is 1.90. The summed E-state index contributed by atoms with van der Waals surface area (Å²) in [6.45, 7) is 0. The van der Waals surface area contributed by atoms with E-state index in [-0.39, 0.29) is 11.9 Å². The Morgan fingerprint density at radius 2 is 2.35 bits per heavy atom. The van der Waals surface area contributed by atoms with Gasteiger partial charge in [0.25, 0.3) is 0 Å². The summed E-state index contributed by atoms with van der Waals surface area (Å²) in [6, 6.07) is 5.24. The van der Waals surface area contributed by atoms with Crippen molar-refractivity contribution in [2.45, 2.75) is 12.5 Å². The fraction of sp³-hybridized carbons (Fsp3) is 0.250. The van der Waals surface area contributed by atoms with Crippen molar-refractivity contribution in [3.63, 3.8) is 0 Å². The van der Waals surface area contributed by atoms with Gasteiger partial charge in [0, 0.05) is 24.0 Å². The van der Waals surface area contributed by atoms with Gasteiger partial charge in [0.05, 0.1) is 9.48 Å². The zero-order chi connectivity index (χ0) is 12.3. The van der Waals surface area contributed by atoms with Crippen LogP contribution >= 0.6 is 27.3 Å². The number of hydrogen-bond acceptors (Lipinski definition) is 3. The highest BCUT2D eigenvalue weighted by molar-refractivity contribution is 9.10. The molecule has 90 valence electrons. The summed E-state index contributed by atoms with van der Waals surface area (Å²) in [4.78, 5) is 4.26. The molecule has 5 heteroatoms. The Balaban J connectivity index is 2.20. The summed E-state index contributed by atoms with van der Waals surface area (Å²) >= 11 is 4.84. The molecular formula is C12H12BrFN2S. The molecule has 2 nitrogen and oxygen atoms in total.